The summed E-state index contributed by atoms with van der Waals surface area (Å²) < 4.78 is 22.1. The third kappa shape index (κ3) is 3.22. The lowest BCUT2D eigenvalue weighted by atomic mass is 9.98. The number of hydrogen-bond acceptors (Lipinski definition) is 4. The summed E-state index contributed by atoms with van der Waals surface area (Å²) in [5.74, 6) is 2.79. The van der Waals surface area contributed by atoms with Gasteiger partial charge in [0.05, 0.1) is 11.5 Å². The smallest absolute Gasteiger partial charge is 0.150 e. The predicted molar refractivity (Wildman–Crippen MR) is 54.1 cm³/mol. The van der Waals surface area contributed by atoms with E-state index in [1.54, 1.807) is 0 Å². The minimum Gasteiger partial charge on any atom is -0.378 e. The van der Waals surface area contributed by atoms with Crippen LogP contribution in [-0.4, -0.2) is 36.9 Å². The van der Waals surface area contributed by atoms with Crippen molar-refractivity contribution in [1.82, 2.24) is 0 Å². The van der Waals surface area contributed by atoms with Gasteiger partial charge in [-0.05, 0) is 11.5 Å². The lowest BCUT2D eigenvalue weighted by Crippen LogP contribution is -2.37. The van der Waals surface area contributed by atoms with Gasteiger partial charge in [-0.25, -0.2) is 8.42 Å². The highest BCUT2D eigenvalue weighted by molar-refractivity contribution is 8.03. The van der Waals surface area contributed by atoms with E-state index in [9.17, 15) is 13.5 Å². The molecule has 0 unspecified atom stereocenters. The highest BCUT2D eigenvalue weighted by Gasteiger charge is 2.33. The van der Waals surface area contributed by atoms with Crippen molar-refractivity contribution in [2.75, 3.05) is 17.8 Å². The fourth-order valence-corrected chi connectivity index (χ4v) is 2.94. The molecule has 1 N–H and O–H groups in total. The first-order valence-corrected chi connectivity index (χ1v) is 7.00. The van der Waals surface area contributed by atoms with E-state index in [-0.39, 0.29) is 24.3 Å². The second-order valence-electron chi connectivity index (χ2n) is 3.11. The number of hydrogen-bond donors (Lipinski definition) is 1. The molecule has 1 heterocycles. The van der Waals surface area contributed by atoms with Crippen molar-refractivity contribution in [2.24, 2.45) is 0 Å². The summed E-state index contributed by atoms with van der Waals surface area (Å²) in [7, 11) is -2.91. The molecular formula is C8H12O3S2. The lowest BCUT2D eigenvalue weighted by Gasteiger charge is -2.26. The van der Waals surface area contributed by atoms with Crippen LogP contribution in [0.2, 0.25) is 0 Å². The standard InChI is InChI=1S/C8H12O3S2/c1-12-5-2-8(9)3-6-13(10,11)7-4-8/h9H,3-4,6-7H2,1H3. The zero-order valence-electron chi connectivity index (χ0n) is 7.41. The Labute approximate surface area is 82.8 Å². The fraction of sp³-hybridized carbons (Fsp3) is 0.750. The van der Waals surface area contributed by atoms with Crippen molar-refractivity contribution in [2.45, 2.75) is 18.4 Å². The van der Waals surface area contributed by atoms with E-state index in [0.717, 1.165) is 0 Å². The van der Waals surface area contributed by atoms with Gasteiger partial charge in [-0.15, -0.1) is 0 Å². The first-order valence-electron chi connectivity index (χ1n) is 3.95. The molecule has 0 radical (unpaired) electrons. The van der Waals surface area contributed by atoms with Gasteiger partial charge >= 0.3 is 0 Å². The van der Waals surface area contributed by atoms with Crippen molar-refractivity contribution in [3.8, 4) is 11.2 Å². The number of thioether (sulfide) groups is 1. The van der Waals surface area contributed by atoms with E-state index in [4.69, 9.17) is 0 Å². The monoisotopic (exact) mass is 220 g/mol. The van der Waals surface area contributed by atoms with Crippen LogP contribution in [-0.2, 0) is 9.84 Å². The maximum Gasteiger partial charge on any atom is 0.150 e. The lowest BCUT2D eigenvalue weighted by molar-refractivity contribution is 0.0908. The van der Waals surface area contributed by atoms with Gasteiger partial charge in [0.25, 0.3) is 0 Å². The molecule has 1 saturated heterocycles. The maximum absolute atomic E-state index is 11.0. The Morgan fingerprint density at radius 3 is 2.38 bits per heavy atom. The molecular weight excluding hydrogens is 208 g/mol. The molecule has 5 heteroatoms. The van der Waals surface area contributed by atoms with Gasteiger partial charge in [-0.1, -0.05) is 17.7 Å². The molecule has 0 amide bonds. The van der Waals surface area contributed by atoms with Crippen molar-refractivity contribution >= 4 is 21.6 Å². The van der Waals surface area contributed by atoms with Crippen LogP contribution in [0.5, 0.6) is 0 Å². The van der Waals surface area contributed by atoms with Crippen molar-refractivity contribution in [3.63, 3.8) is 0 Å². The van der Waals surface area contributed by atoms with Crippen molar-refractivity contribution < 1.29 is 13.5 Å². The molecule has 0 aromatic carbocycles. The molecule has 13 heavy (non-hydrogen) atoms. The van der Waals surface area contributed by atoms with Gasteiger partial charge < -0.3 is 5.11 Å². The van der Waals surface area contributed by atoms with Crippen LogP contribution in [0.4, 0.5) is 0 Å². The third-order valence-electron chi connectivity index (χ3n) is 2.04. The van der Waals surface area contributed by atoms with Gasteiger partial charge in [0, 0.05) is 12.8 Å². The van der Waals surface area contributed by atoms with E-state index in [1.165, 1.54) is 11.8 Å². The van der Waals surface area contributed by atoms with Crippen LogP contribution in [0, 0.1) is 11.2 Å². The first-order chi connectivity index (χ1) is 5.97. The van der Waals surface area contributed by atoms with Crippen LogP contribution in [0.15, 0.2) is 0 Å². The molecule has 3 nitrogen and oxygen atoms in total. The van der Waals surface area contributed by atoms with Crippen LogP contribution in [0.25, 0.3) is 0 Å². The Morgan fingerprint density at radius 2 is 1.92 bits per heavy atom. The third-order valence-corrected chi connectivity index (χ3v) is 4.00. The molecule has 0 aromatic rings. The normalized spacial score (nSPS) is 24.5. The SMILES string of the molecule is CSC#CC1(O)CCS(=O)(=O)CC1. The van der Waals surface area contributed by atoms with Gasteiger partial charge in [0.2, 0.25) is 0 Å². The molecule has 1 aliphatic rings. The Kier molecular flexibility index (Phi) is 3.28. The highest BCUT2D eigenvalue weighted by atomic mass is 32.2. The van der Waals surface area contributed by atoms with Crippen LogP contribution in [0.1, 0.15) is 12.8 Å². The summed E-state index contributed by atoms with van der Waals surface area (Å²) in [5.41, 5.74) is -1.08. The van der Waals surface area contributed by atoms with Gasteiger partial charge in [-0.3, -0.25) is 0 Å². The molecule has 0 atom stereocenters. The van der Waals surface area contributed by atoms with Gasteiger partial charge in [-0.2, -0.15) is 0 Å². The fourth-order valence-electron chi connectivity index (χ4n) is 1.15. The minimum absolute atomic E-state index is 0.0482. The summed E-state index contributed by atoms with van der Waals surface area (Å²) >= 11 is 1.32. The molecule has 74 valence electrons. The quantitative estimate of drug-likeness (QED) is 0.595. The molecule has 0 aliphatic carbocycles. The number of rotatable bonds is 0. The molecule has 0 bridgehead atoms. The molecule has 1 rings (SSSR count). The Balaban J connectivity index is 2.67. The summed E-state index contributed by atoms with van der Waals surface area (Å²) in [4.78, 5) is 0. The second-order valence-corrected chi connectivity index (χ2v) is 6.03. The molecule has 0 spiro atoms. The molecule has 0 saturated carbocycles. The first kappa shape index (κ1) is 10.9. The van der Waals surface area contributed by atoms with Crippen LogP contribution < -0.4 is 0 Å². The maximum atomic E-state index is 11.0. The summed E-state index contributed by atoms with van der Waals surface area (Å²) in [6.45, 7) is 0. The largest absolute Gasteiger partial charge is 0.378 e. The topological polar surface area (TPSA) is 54.4 Å². The zero-order chi connectivity index (χ0) is 9.95. The van der Waals surface area contributed by atoms with E-state index in [2.05, 4.69) is 11.2 Å². The second kappa shape index (κ2) is 3.91. The average molecular weight is 220 g/mol. The molecule has 1 fully saturated rings. The van der Waals surface area contributed by atoms with Crippen molar-refractivity contribution in [1.29, 1.82) is 0 Å². The van der Waals surface area contributed by atoms with Gasteiger partial charge in [0.1, 0.15) is 5.60 Å². The van der Waals surface area contributed by atoms with E-state index in [0.29, 0.717) is 0 Å². The Bertz CT molecular complexity index is 320. The summed E-state index contributed by atoms with van der Waals surface area (Å²) in [5, 5.41) is 12.5. The number of aliphatic hydroxyl groups is 1. The Morgan fingerprint density at radius 1 is 1.38 bits per heavy atom. The Hall–Kier alpha value is -0.180. The van der Waals surface area contributed by atoms with Crippen LogP contribution >= 0.6 is 11.8 Å². The molecule has 1 aliphatic heterocycles. The van der Waals surface area contributed by atoms with E-state index < -0.39 is 15.4 Å². The minimum atomic E-state index is -2.91. The molecule has 0 aromatic heterocycles. The number of sulfone groups is 1. The van der Waals surface area contributed by atoms with Crippen LogP contribution in [0.3, 0.4) is 0 Å². The van der Waals surface area contributed by atoms with E-state index >= 15 is 0 Å². The highest BCUT2D eigenvalue weighted by Crippen LogP contribution is 2.22. The summed E-state index contributed by atoms with van der Waals surface area (Å²) in [6.07, 6.45) is 2.29. The van der Waals surface area contributed by atoms with E-state index in [1.807, 2.05) is 6.26 Å². The zero-order valence-corrected chi connectivity index (χ0v) is 9.04. The van der Waals surface area contributed by atoms with Gasteiger partial charge in [0.15, 0.2) is 9.84 Å². The van der Waals surface area contributed by atoms with Crippen molar-refractivity contribution in [3.05, 3.63) is 0 Å². The average Bonchev–Trinajstić information content (AvgIpc) is 2.08. The summed E-state index contributed by atoms with van der Waals surface area (Å²) in [6, 6.07) is 0. The predicted octanol–water partition coefficient (Wildman–Crippen LogP) is 0.250.